The van der Waals surface area contributed by atoms with Gasteiger partial charge in [0.1, 0.15) is 6.04 Å². The lowest BCUT2D eigenvalue weighted by atomic mass is 9.68. The highest BCUT2D eigenvalue weighted by Gasteiger charge is 2.47. The molecule has 0 aromatic carbocycles. The molecule has 5 aliphatic rings. The highest BCUT2D eigenvalue weighted by atomic mass is 32.2. The molecule has 1 amide bonds. The zero-order valence-electron chi connectivity index (χ0n) is 15.4. The van der Waals surface area contributed by atoms with E-state index >= 15 is 0 Å². The molecule has 4 bridgehead atoms. The van der Waals surface area contributed by atoms with Crippen LogP contribution in [0.25, 0.3) is 0 Å². The number of fused-ring (bicyclic) bond motifs is 1. The Morgan fingerprint density at radius 2 is 1.72 bits per heavy atom. The minimum Gasteiger partial charge on any atom is -0.338 e. The van der Waals surface area contributed by atoms with Crippen molar-refractivity contribution in [3.05, 3.63) is 0 Å². The van der Waals surface area contributed by atoms with Crippen LogP contribution in [0, 0.1) is 17.8 Å². The zero-order chi connectivity index (χ0) is 17.6. The van der Waals surface area contributed by atoms with Gasteiger partial charge in [0.25, 0.3) is 0 Å². The van der Waals surface area contributed by atoms with Crippen LogP contribution in [0.4, 0.5) is 0 Å². The van der Waals surface area contributed by atoms with Gasteiger partial charge >= 0.3 is 0 Å². The molecule has 6 heteroatoms. The quantitative estimate of drug-likeness (QED) is 0.749. The number of carbonyl (C=O) groups is 1. The maximum atomic E-state index is 13.4. The molecule has 5 rings (SSSR count). The SMILES string of the molecule is CCCCS(=O)(=O)N1CCCC1C(=O)N1CC2CC3CC(C2)CC1C3. The lowest BCUT2D eigenvalue weighted by molar-refractivity contribution is -0.137. The van der Waals surface area contributed by atoms with Gasteiger partial charge in [-0.3, -0.25) is 4.79 Å². The Hall–Kier alpha value is -0.620. The molecule has 3 aliphatic heterocycles. The Kier molecular flexibility index (Phi) is 4.86. The lowest BCUT2D eigenvalue weighted by Gasteiger charge is -2.39. The van der Waals surface area contributed by atoms with Crippen molar-refractivity contribution in [2.45, 2.75) is 76.8 Å². The second-order valence-electron chi connectivity index (χ2n) is 8.86. The monoisotopic (exact) mass is 368 g/mol. The Balaban J connectivity index is 1.52. The summed E-state index contributed by atoms with van der Waals surface area (Å²) in [5, 5.41) is 0. The second kappa shape index (κ2) is 6.84. The maximum Gasteiger partial charge on any atom is 0.241 e. The fraction of sp³-hybridized carbons (Fsp3) is 0.947. The fourth-order valence-corrected chi connectivity index (χ4v) is 7.89. The summed E-state index contributed by atoms with van der Waals surface area (Å²) >= 11 is 0. The normalized spacial score (nSPS) is 38.3. The summed E-state index contributed by atoms with van der Waals surface area (Å²) in [7, 11) is -3.30. The van der Waals surface area contributed by atoms with E-state index in [1.54, 1.807) is 4.31 Å². The van der Waals surface area contributed by atoms with Crippen molar-refractivity contribution in [1.29, 1.82) is 0 Å². The summed E-state index contributed by atoms with van der Waals surface area (Å²) in [4.78, 5) is 15.5. The predicted molar refractivity (Wildman–Crippen MR) is 97.5 cm³/mol. The summed E-state index contributed by atoms with van der Waals surface area (Å²) in [6.07, 6.45) is 9.26. The van der Waals surface area contributed by atoms with Gasteiger partial charge in [0.05, 0.1) is 5.75 Å². The molecule has 25 heavy (non-hydrogen) atoms. The van der Waals surface area contributed by atoms with Gasteiger partial charge in [0.15, 0.2) is 0 Å². The molecule has 2 saturated carbocycles. The fourth-order valence-electron chi connectivity index (χ4n) is 6.01. The van der Waals surface area contributed by atoms with E-state index in [4.69, 9.17) is 0 Å². The van der Waals surface area contributed by atoms with Crippen molar-refractivity contribution in [2.75, 3.05) is 18.8 Å². The Bertz CT molecular complexity index is 606. The number of sulfonamides is 1. The Morgan fingerprint density at radius 1 is 1.04 bits per heavy atom. The molecule has 0 radical (unpaired) electrons. The second-order valence-corrected chi connectivity index (χ2v) is 10.9. The largest absolute Gasteiger partial charge is 0.338 e. The topological polar surface area (TPSA) is 57.7 Å². The summed E-state index contributed by atoms with van der Waals surface area (Å²) < 4.78 is 26.9. The molecule has 2 aliphatic carbocycles. The van der Waals surface area contributed by atoms with E-state index in [9.17, 15) is 13.2 Å². The van der Waals surface area contributed by atoms with Gasteiger partial charge in [-0.05, 0) is 69.1 Å². The first kappa shape index (κ1) is 17.8. The standard InChI is InChI=1S/C19H32N2O3S/c1-2-3-7-25(23,24)21-6-4-5-18(21)19(22)20-13-16-9-14-8-15(10-16)12-17(20)11-14/h14-18H,2-13H2,1H3. The number of hydrogen-bond donors (Lipinski definition) is 0. The Labute approximate surface area is 152 Å². The van der Waals surface area contributed by atoms with Crippen LogP contribution in [0.3, 0.4) is 0 Å². The molecule has 142 valence electrons. The van der Waals surface area contributed by atoms with Gasteiger partial charge in [-0.2, -0.15) is 4.31 Å². The number of amides is 1. The molecule has 3 unspecified atom stereocenters. The smallest absolute Gasteiger partial charge is 0.241 e. The van der Waals surface area contributed by atoms with Crippen molar-refractivity contribution in [1.82, 2.24) is 9.21 Å². The van der Waals surface area contributed by atoms with Crippen LogP contribution in [0.15, 0.2) is 0 Å². The third-order valence-electron chi connectivity index (χ3n) is 6.99. The molecule has 0 aromatic rings. The van der Waals surface area contributed by atoms with E-state index in [0.29, 0.717) is 31.3 Å². The van der Waals surface area contributed by atoms with Crippen LogP contribution in [0.5, 0.6) is 0 Å². The van der Waals surface area contributed by atoms with Crippen molar-refractivity contribution in [2.24, 2.45) is 17.8 Å². The number of unbranched alkanes of at least 4 members (excludes halogenated alkanes) is 1. The van der Waals surface area contributed by atoms with Crippen LogP contribution in [0.2, 0.25) is 0 Å². The summed E-state index contributed by atoms with van der Waals surface area (Å²) in [6, 6.07) is -0.0675. The molecule has 5 nitrogen and oxygen atoms in total. The minimum absolute atomic E-state index is 0.107. The van der Waals surface area contributed by atoms with E-state index in [2.05, 4.69) is 4.90 Å². The maximum absolute atomic E-state index is 13.4. The predicted octanol–water partition coefficient (Wildman–Crippen LogP) is 2.62. The lowest BCUT2D eigenvalue weighted by Crippen LogP contribution is -2.52. The van der Waals surface area contributed by atoms with E-state index in [-0.39, 0.29) is 11.7 Å². The van der Waals surface area contributed by atoms with E-state index in [0.717, 1.165) is 44.1 Å². The first-order chi connectivity index (χ1) is 12.0. The van der Waals surface area contributed by atoms with Crippen molar-refractivity contribution in [3.8, 4) is 0 Å². The van der Waals surface area contributed by atoms with E-state index < -0.39 is 16.1 Å². The molecular formula is C19H32N2O3S. The number of nitrogens with zero attached hydrogens (tertiary/aromatic N) is 2. The number of carbonyl (C=O) groups excluding carboxylic acids is 1. The van der Waals surface area contributed by atoms with Crippen LogP contribution < -0.4 is 0 Å². The third-order valence-corrected chi connectivity index (χ3v) is 8.95. The van der Waals surface area contributed by atoms with Crippen LogP contribution in [-0.2, 0) is 14.8 Å². The van der Waals surface area contributed by atoms with Gasteiger partial charge in [-0.15, -0.1) is 0 Å². The molecule has 0 aromatic heterocycles. The summed E-state index contributed by atoms with van der Waals surface area (Å²) in [6.45, 7) is 3.40. The summed E-state index contributed by atoms with van der Waals surface area (Å²) in [5.74, 6) is 2.53. The van der Waals surface area contributed by atoms with Gasteiger partial charge in [0.2, 0.25) is 15.9 Å². The van der Waals surface area contributed by atoms with Crippen molar-refractivity contribution in [3.63, 3.8) is 0 Å². The van der Waals surface area contributed by atoms with Crippen molar-refractivity contribution < 1.29 is 13.2 Å². The molecule has 3 saturated heterocycles. The van der Waals surface area contributed by atoms with Gasteiger partial charge in [-0.25, -0.2) is 8.42 Å². The van der Waals surface area contributed by atoms with Crippen LogP contribution in [0.1, 0.15) is 64.7 Å². The molecule has 3 heterocycles. The number of rotatable bonds is 5. The van der Waals surface area contributed by atoms with E-state index in [1.807, 2.05) is 6.92 Å². The summed E-state index contributed by atoms with van der Waals surface area (Å²) in [5.41, 5.74) is 0. The molecular weight excluding hydrogens is 336 g/mol. The first-order valence-corrected chi connectivity index (χ1v) is 11.9. The average molecular weight is 369 g/mol. The zero-order valence-corrected chi connectivity index (χ0v) is 16.2. The van der Waals surface area contributed by atoms with Crippen LogP contribution >= 0.6 is 0 Å². The number of hydrogen-bond acceptors (Lipinski definition) is 3. The highest BCUT2D eigenvalue weighted by molar-refractivity contribution is 7.89. The van der Waals surface area contributed by atoms with Crippen LogP contribution in [-0.4, -0.2) is 54.5 Å². The van der Waals surface area contributed by atoms with Crippen molar-refractivity contribution >= 4 is 15.9 Å². The average Bonchev–Trinajstić information content (AvgIpc) is 2.99. The molecule has 5 fully saturated rings. The van der Waals surface area contributed by atoms with Gasteiger partial charge in [0, 0.05) is 19.1 Å². The van der Waals surface area contributed by atoms with Gasteiger partial charge < -0.3 is 4.90 Å². The van der Waals surface area contributed by atoms with E-state index in [1.165, 1.54) is 19.3 Å². The highest BCUT2D eigenvalue weighted by Crippen LogP contribution is 2.47. The molecule has 3 atom stereocenters. The molecule has 0 N–H and O–H groups in total. The molecule has 0 spiro atoms. The third kappa shape index (κ3) is 3.36. The Morgan fingerprint density at radius 3 is 2.40 bits per heavy atom. The van der Waals surface area contributed by atoms with Gasteiger partial charge in [-0.1, -0.05) is 13.3 Å². The minimum atomic E-state index is -3.30. The first-order valence-electron chi connectivity index (χ1n) is 10.3.